The number of aliphatic hydroxyl groups is 1. The van der Waals surface area contributed by atoms with Gasteiger partial charge in [-0.05, 0) is 0 Å². The molecule has 0 radical (unpaired) electrons. The summed E-state index contributed by atoms with van der Waals surface area (Å²) in [6.45, 7) is 3.82. The lowest BCUT2D eigenvalue weighted by Crippen LogP contribution is -2.33. The molecule has 1 N–H and O–H groups in total. The van der Waals surface area contributed by atoms with Crippen LogP contribution in [0.15, 0.2) is 0 Å². The topological polar surface area (TPSA) is 69.7 Å². The van der Waals surface area contributed by atoms with Gasteiger partial charge in [-0.25, -0.2) is 0 Å². The van der Waals surface area contributed by atoms with E-state index in [1.54, 1.807) is 0 Å². The minimum atomic E-state index is -0.298. The predicted molar refractivity (Wildman–Crippen MR) is 65.0 cm³/mol. The maximum Gasteiger partial charge on any atom is 0.104 e. The summed E-state index contributed by atoms with van der Waals surface area (Å²) in [6.07, 6.45) is 1.70. The zero-order valence-corrected chi connectivity index (χ0v) is 11.0. The highest BCUT2D eigenvalue weighted by Crippen LogP contribution is 2.36. The van der Waals surface area contributed by atoms with Crippen LogP contribution in [0.25, 0.3) is 0 Å². The van der Waals surface area contributed by atoms with Gasteiger partial charge in [0.05, 0.1) is 64.1 Å². The quantitative estimate of drug-likeness (QED) is 0.461. The number of hydrogen-bond acceptors (Lipinski definition) is 6. The number of fused-ring (bicyclic) bond motifs is 2. The number of hydrogen-bond donors (Lipinski definition) is 1. The Morgan fingerprint density at radius 3 is 2.47 bits per heavy atom. The molecule has 19 heavy (non-hydrogen) atoms. The van der Waals surface area contributed by atoms with Gasteiger partial charge in [0, 0.05) is 12.8 Å². The minimum absolute atomic E-state index is 0.0195. The molecule has 0 saturated carbocycles. The van der Waals surface area contributed by atoms with Crippen molar-refractivity contribution >= 4 is 0 Å². The molecule has 0 aromatic carbocycles. The van der Waals surface area contributed by atoms with Gasteiger partial charge in [-0.3, -0.25) is 0 Å². The van der Waals surface area contributed by atoms with E-state index < -0.39 is 0 Å². The molecule has 5 atom stereocenters. The molecule has 2 bridgehead atoms. The van der Waals surface area contributed by atoms with E-state index in [1.165, 1.54) is 0 Å². The maximum atomic E-state index is 9.54. The average molecular weight is 274 g/mol. The van der Waals surface area contributed by atoms with E-state index in [1.807, 2.05) is 0 Å². The molecule has 3 heterocycles. The Labute approximate surface area is 112 Å². The standard InChI is InChI=1S/C13H22O6/c14-10-5-13-12(6-11(10)19-13)17-4-3-15-1-2-16-7-9-8-18-9/h9-14H,1-8H2. The number of rotatable bonds is 9. The molecule has 0 aliphatic carbocycles. The molecular formula is C13H22O6. The molecule has 0 spiro atoms. The Morgan fingerprint density at radius 1 is 1.00 bits per heavy atom. The number of aliphatic hydroxyl groups excluding tert-OH is 1. The highest BCUT2D eigenvalue weighted by atomic mass is 16.6. The van der Waals surface area contributed by atoms with E-state index in [0.29, 0.717) is 45.6 Å². The SMILES string of the molecule is OC1CC2OC1CC2OCCOCCOCC1CO1. The van der Waals surface area contributed by atoms with E-state index >= 15 is 0 Å². The van der Waals surface area contributed by atoms with Gasteiger partial charge in [-0.15, -0.1) is 0 Å². The van der Waals surface area contributed by atoms with Crippen molar-refractivity contribution < 1.29 is 28.8 Å². The molecule has 6 heteroatoms. The van der Waals surface area contributed by atoms with Crippen LogP contribution in [0, 0.1) is 0 Å². The molecule has 0 aromatic heterocycles. The van der Waals surface area contributed by atoms with Crippen molar-refractivity contribution in [3.05, 3.63) is 0 Å². The lowest BCUT2D eigenvalue weighted by atomic mass is 9.95. The van der Waals surface area contributed by atoms with Crippen molar-refractivity contribution in [1.82, 2.24) is 0 Å². The number of ether oxygens (including phenoxy) is 5. The summed E-state index contributed by atoms with van der Waals surface area (Å²) < 4.78 is 27.1. The van der Waals surface area contributed by atoms with E-state index in [2.05, 4.69) is 0 Å². The highest BCUT2D eigenvalue weighted by Gasteiger charge is 2.47. The first-order valence-corrected chi connectivity index (χ1v) is 7.05. The Morgan fingerprint density at radius 2 is 1.79 bits per heavy atom. The normalized spacial score (nSPS) is 39.9. The van der Waals surface area contributed by atoms with Gasteiger partial charge < -0.3 is 28.8 Å². The van der Waals surface area contributed by atoms with Gasteiger partial charge in [0.1, 0.15) is 6.10 Å². The van der Waals surface area contributed by atoms with Gasteiger partial charge in [0.25, 0.3) is 0 Å². The fraction of sp³-hybridized carbons (Fsp3) is 1.00. The second-order valence-electron chi connectivity index (χ2n) is 5.30. The van der Waals surface area contributed by atoms with Crippen molar-refractivity contribution in [2.24, 2.45) is 0 Å². The Kier molecular flexibility index (Phi) is 4.68. The van der Waals surface area contributed by atoms with Gasteiger partial charge in [0.15, 0.2) is 0 Å². The minimum Gasteiger partial charge on any atom is -0.390 e. The highest BCUT2D eigenvalue weighted by molar-refractivity contribution is 4.96. The van der Waals surface area contributed by atoms with E-state index in [0.717, 1.165) is 13.0 Å². The third kappa shape index (κ3) is 3.87. The molecule has 3 fully saturated rings. The molecule has 3 aliphatic heterocycles. The van der Waals surface area contributed by atoms with Gasteiger partial charge >= 0.3 is 0 Å². The van der Waals surface area contributed by atoms with Crippen LogP contribution in [0.3, 0.4) is 0 Å². The summed E-state index contributed by atoms with van der Waals surface area (Å²) in [4.78, 5) is 0. The fourth-order valence-corrected chi connectivity index (χ4v) is 2.63. The summed E-state index contributed by atoms with van der Waals surface area (Å²) in [5.74, 6) is 0. The summed E-state index contributed by atoms with van der Waals surface area (Å²) in [5, 5.41) is 9.54. The predicted octanol–water partition coefficient (Wildman–Crippen LogP) is -0.274. The molecule has 0 amide bonds. The van der Waals surface area contributed by atoms with E-state index in [9.17, 15) is 5.11 Å². The number of epoxide rings is 1. The van der Waals surface area contributed by atoms with Crippen molar-refractivity contribution in [2.45, 2.75) is 43.4 Å². The second kappa shape index (κ2) is 6.47. The van der Waals surface area contributed by atoms with Crippen LogP contribution >= 0.6 is 0 Å². The van der Waals surface area contributed by atoms with E-state index in [4.69, 9.17) is 23.7 Å². The Hall–Kier alpha value is -0.240. The summed E-state index contributed by atoms with van der Waals surface area (Å²) >= 11 is 0. The first-order chi connectivity index (χ1) is 9.33. The van der Waals surface area contributed by atoms with Crippen molar-refractivity contribution in [1.29, 1.82) is 0 Å². The average Bonchev–Trinajstić information content (AvgIpc) is 3.05. The molecule has 6 nitrogen and oxygen atoms in total. The zero-order chi connectivity index (χ0) is 13.1. The molecule has 3 aliphatic rings. The van der Waals surface area contributed by atoms with Gasteiger partial charge in [-0.2, -0.15) is 0 Å². The molecule has 0 aromatic rings. The molecule has 5 unspecified atom stereocenters. The summed E-state index contributed by atoms with van der Waals surface area (Å²) in [6, 6.07) is 0. The van der Waals surface area contributed by atoms with Crippen LogP contribution in [0.5, 0.6) is 0 Å². The molecule has 3 rings (SSSR count). The maximum absolute atomic E-state index is 9.54. The van der Waals surface area contributed by atoms with Gasteiger partial charge in [0.2, 0.25) is 0 Å². The van der Waals surface area contributed by atoms with E-state index in [-0.39, 0.29) is 24.4 Å². The van der Waals surface area contributed by atoms with Crippen LogP contribution in [-0.4, -0.2) is 75.3 Å². The first kappa shape index (κ1) is 13.7. The van der Waals surface area contributed by atoms with Crippen LogP contribution in [0.1, 0.15) is 12.8 Å². The zero-order valence-electron chi connectivity index (χ0n) is 11.0. The molecule has 3 saturated heterocycles. The Balaban J connectivity index is 1.15. The van der Waals surface area contributed by atoms with Crippen molar-refractivity contribution in [2.75, 3.05) is 39.6 Å². The van der Waals surface area contributed by atoms with Crippen LogP contribution < -0.4 is 0 Å². The third-order valence-corrected chi connectivity index (χ3v) is 3.77. The van der Waals surface area contributed by atoms with Crippen molar-refractivity contribution in [3.63, 3.8) is 0 Å². The summed E-state index contributed by atoms with van der Waals surface area (Å²) in [7, 11) is 0. The lowest BCUT2D eigenvalue weighted by molar-refractivity contribution is -0.0363. The molecule has 110 valence electrons. The first-order valence-electron chi connectivity index (χ1n) is 7.05. The monoisotopic (exact) mass is 274 g/mol. The van der Waals surface area contributed by atoms with Crippen LogP contribution in [-0.2, 0) is 23.7 Å². The third-order valence-electron chi connectivity index (χ3n) is 3.77. The van der Waals surface area contributed by atoms with Gasteiger partial charge in [-0.1, -0.05) is 0 Å². The van der Waals surface area contributed by atoms with Crippen molar-refractivity contribution in [3.8, 4) is 0 Å². The Bertz CT molecular complexity index is 280. The fourth-order valence-electron chi connectivity index (χ4n) is 2.63. The lowest BCUT2D eigenvalue weighted by Gasteiger charge is -2.21. The van der Waals surface area contributed by atoms with Crippen LogP contribution in [0.2, 0.25) is 0 Å². The summed E-state index contributed by atoms with van der Waals surface area (Å²) in [5.41, 5.74) is 0. The van der Waals surface area contributed by atoms with Crippen LogP contribution in [0.4, 0.5) is 0 Å². The largest absolute Gasteiger partial charge is 0.390 e. The smallest absolute Gasteiger partial charge is 0.104 e. The second-order valence-corrected chi connectivity index (χ2v) is 5.30. The molecular weight excluding hydrogens is 252 g/mol.